The normalized spacial score (nSPS) is 15.4. The molecule has 0 N–H and O–H groups in total. The van der Waals surface area contributed by atoms with E-state index in [2.05, 4.69) is 114 Å². The molecule has 28 heavy (non-hydrogen) atoms. The van der Waals surface area contributed by atoms with E-state index < -0.39 is 7.26 Å². The second-order valence-corrected chi connectivity index (χ2v) is 11.7. The third-order valence-corrected chi connectivity index (χ3v) is 10.7. The van der Waals surface area contributed by atoms with Crippen molar-refractivity contribution in [3.05, 3.63) is 91.0 Å². The van der Waals surface area contributed by atoms with Gasteiger partial charge in [-0.15, -0.1) is 0 Å². The molecule has 148 valence electrons. The molecule has 0 atom stereocenters. The Morgan fingerprint density at radius 2 is 1.07 bits per heavy atom. The predicted octanol–water partition coefficient (Wildman–Crippen LogP) is 4.83. The third kappa shape index (κ3) is 5.10. The summed E-state index contributed by atoms with van der Waals surface area (Å²) in [7, 11) is -1.90. The van der Waals surface area contributed by atoms with E-state index in [4.69, 9.17) is 9.47 Å². The van der Waals surface area contributed by atoms with Gasteiger partial charge in [0.05, 0.1) is 13.2 Å². The van der Waals surface area contributed by atoms with Gasteiger partial charge in [-0.1, -0.05) is 0 Å². The standard InChI is InChI=1S/C20H21P.C4H7BrO2/c1-2-21(18-12-6-3-7-13-18,19-14-8-4-9-15-19)20-16-10-5-11-17-20;5-4-6-2-1-3-7-4/h3-17,21H,2H2,1H3;4H,1-3H2. The second kappa shape index (κ2) is 10.9. The van der Waals surface area contributed by atoms with Gasteiger partial charge in [0.15, 0.2) is 0 Å². The number of halogens is 1. The maximum atomic E-state index is 4.97. The number of rotatable bonds is 4. The Balaban J connectivity index is 0.000000271. The molecule has 3 aromatic rings. The molecule has 1 aliphatic heterocycles. The fourth-order valence-corrected chi connectivity index (χ4v) is 8.62. The number of ether oxygens (including phenoxy) is 2. The summed E-state index contributed by atoms with van der Waals surface area (Å²) in [5, 5.41) is 4.32. The summed E-state index contributed by atoms with van der Waals surface area (Å²) in [6, 6.07) is 33.1. The molecule has 1 heterocycles. The molecular formula is C24H28BrO2P. The van der Waals surface area contributed by atoms with Gasteiger partial charge in [0.1, 0.15) is 0 Å². The quantitative estimate of drug-likeness (QED) is 0.411. The number of hydrogen-bond acceptors (Lipinski definition) is 2. The second-order valence-electron chi connectivity index (χ2n) is 6.73. The van der Waals surface area contributed by atoms with Crippen molar-refractivity contribution in [2.75, 3.05) is 19.4 Å². The Bertz CT molecular complexity index is 709. The Kier molecular flexibility index (Phi) is 8.24. The first-order chi connectivity index (χ1) is 13.8. The van der Waals surface area contributed by atoms with Gasteiger partial charge in [0, 0.05) is 0 Å². The third-order valence-electron chi connectivity index (χ3n) is 5.12. The van der Waals surface area contributed by atoms with E-state index in [9.17, 15) is 0 Å². The van der Waals surface area contributed by atoms with Crippen LogP contribution in [0.3, 0.4) is 0 Å². The number of hydrogen-bond donors (Lipinski definition) is 0. The van der Waals surface area contributed by atoms with Crippen molar-refractivity contribution >= 4 is 39.1 Å². The molecule has 0 radical (unpaired) electrons. The molecule has 0 amide bonds. The fraction of sp³-hybridized carbons (Fsp3) is 0.250. The minimum atomic E-state index is -1.90. The molecule has 0 unspecified atom stereocenters. The molecule has 3 aromatic carbocycles. The topological polar surface area (TPSA) is 18.5 Å². The van der Waals surface area contributed by atoms with Crippen molar-refractivity contribution in [3.8, 4) is 0 Å². The molecule has 1 fully saturated rings. The van der Waals surface area contributed by atoms with E-state index >= 15 is 0 Å². The van der Waals surface area contributed by atoms with Crippen LogP contribution in [0.2, 0.25) is 0 Å². The van der Waals surface area contributed by atoms with Gasteiger partial charge in [0.25, 0.3) is 0 Å². The van der Waals surface area contributed by atoms with E-state index in [1.165, 1.54) is 22.1 Å². The molecule has 0 saturated carbocycles. The van der Waals surface area contributed by atoms with Gasteiger partial charge < -0.3 is 9.47 Å². The van der Waals surface area contributed by atoms with Crippen molar-refractivity contribution in [2.24, 2.45) is 0 Å². The van der Waals surface area contributed by atoms with E-state index in [1.54, 1.807) is 0 Å². The zero-order valence-electron chi connectivity index (χ0n) is 16.3. The molecule has 4 heteroatoms. The van der Waals surface area contributed by atoms with Crippen LogP contribution in [0, 0.1) is 0 Å². The summed E-state index contributed by atoms with van der Waals surface area (Å²) < 4.78 is 9.94. The molecule has 0 aromatic heterocycles. The summed E-state index contributed by atoms with van der Waals surface area (Å²) in [4.78, 5) is 0. The first-order valence-electron chi connectivity index (χ1n) is 9.81. The van der Waals surface area contributed by atoms with Crippen LogP contribution >= 0.6 is 23.2 Å². The van der Waals surface area contributed by atoms with Crippen LogP contribution < -0.4 is 15.9 Å². The van der Waals surface area contributed by atoms with E-state index in [1.807, 2.05) is 0 Å². The first-order valence-corrected chi connectivity index (χ1v) is 12.9. The monoisotopic (exact) mass is 458 g/mol. The Labute approximate surface area is 177 Å². The Morgan fingerprint density at radius 3 is 1.32 bits per heavy atom. The summed E-state index contributed by atoms with van der Waals surface area (Å²) >= 11 is 3.14. The Hall–Kier alpha value is -1.51. The number of benzene rings is 3. The number of alkyl halides is 1. The van der Waals surface area contributed by atoms with Crippen molar-refractivity contribution in [1.82, 2.24) is 0 Å². The van der Waals surface area contributed by atoms with Crippen LogP contribution in [0.25, 0.3) is 0 Å². The molecular weight excluding hydrogens is 431 g/mol. The van der Waals surface area contributed by atoms with Gasteiger partial charge >= 0.3 is 127 Å². The van der Waals surface area contributed by atoms with Gasteiger partial charge in [-0.25, -0.2) is 0 Å². The molecule has 1 saturated heterocycles. The zero-order valence-corrected chi connectivity index (χ0v) is 18.8. The van der Waals surface area contributed by atoms with Crippen molar-refractivity contribution in [1.29, 1.82) is 0 Å². The van der Waals surface area contributed by atoms with Crippen LogP contribution in [0.5, 0.6) is 0 Å². The molecule has 2 nitrogen and oxygen atoms in total. The van der Waals surface area contributed by atoms with Gasteiger partial charge in [-0.3, -0.25) is 0 Å². The summed E-state index contributed by atoms with van der Waals surface area (Å²) in [5.74, 6) is 0. The molecule has 0 spiro atoms. The van der Waals surface area contributed by atoms with E-state index in [0.717, 1.165) is 19.6 Å². The predicted molar refractivity (Wildman–Crippen MR) is 126 cm³/mol. The van der Waals surface area contributed by atoms with Crippen LogP contribution in [0.15, 0.2) is 91.0 Å². The molecule has 1 aliphatic rings. The van der Waals surface area contributed by atoms with E-state index in [0.29, 0.717) is 0 Å². The maximum absolute atomic E-state index is 4.97. The van der Waals surface area contributed by atoms with Gasteiger partial charge in [-0.05, 0) is 22.4 Å². The first kappa shape index (κ1) is 21.2. The van der Waals surface area contributed by atoms with Crippen molar-refractivity contribution < 1.29 is 9.47 Å². The molecule has 0 bridgehead atoms. The average Bonchev–Trinajstić information content (AvgIpc) is 2.78. The van der Waals surface area contributed by atoms with Crippen LogP contribution in [0.1, 0.15) is 13.3 Å². The van der Waals surface area contributed by atoms with Crippen LogP contribution in [-0.2, 0) is 9.47 Å². The molecule has 4 rings (SSSR count). The summed E-state index contributed by atoms with van der Waals surface area (Å²) in [6.07, 6.45) is 2.19. The van der Waals surface area contributed by atoms with Gasteiger partial charge in [0.2, 0.25) is 5.20 Å². The van der Waals surface area contributed by atoms with Crippen molar-refractivity contribution in [2.45, 2.75) is 18.5 Å². The minimum absolute atomic E-state index is 0.152. The van der Waals surface area contributed by atoms with Crippen LogP contribution in [-0.4, -0.2) is 24.6 Å². The van der Waals surface area contributed by atoms with E-state index in [-0.39, 0.29) is 5.20 Å². The SMILES string of the molecule is BrC1OCCCO1.CC[PH](c1ccccc1)(c1ccccc1)c1ccccc1. The summed E-state index contributed by atoms with van der Waals surface area (Å²) in [6.45, 7) is 3.96. The molecule has 0 aliphatic carbocycles. The zero-order chi connectivity index (χ0) is 19.7. The summed E-state index contributed by atoms with van der Waals surface area (Å²) in [5.41, 5.74) is 0. The van der Waals surface area contributed by atoms with Gasteiger partial charge in [-0.2, -0.15) is 0 Å². The van der Waals surface area contributed by atoms with Crippen molar-refractivity contribution in [3.63, 3.8) is 0 Å². The Morgan fingerprint density at radius 1 is 0.714 bits per heavy atom. The average molecular weight is 459 g/mol. The van der Waals surface area contributed by atoms with Crippen LogP contribution in [0.4, 0.5) is 0 Å². The fourth-order valence-electron chi connectivity index (χ4n) is 3.74.